The molecule has 1 saturated carbocycles. The van der Waals surface area contributed by atoms with Crippen molar-refractivity contribution in [1.82, 2.24) is 20.2 Å². The molecule has 0 unspecified atom stereocenters. The minimum Gasteiger partial charge on any atom is -0.369 e. The number of nitrogens with one attached hydrogen (secondary N) is 2. The lowest BCUT2D eigenvalue weighted by atomic mass is 10.2. The van der Waals surface area contributed by atoms with Gasteiger partial charge >= 0.3 is 0 Å². The Morgan fingerprint density at radius 3 is 2.62 bits per heavy atom. The van der Waals surface area contributed by atoms with Gasteiger partial charge in [0, 0.05) is 38.3 Å². The van der Waals surface area contributed by atoms with Gasteiger partial charge in [0.1, 0.15) is 5.82 Å². The summed E-state index contributed by atoms with van der Waals surface area (Å²) in [6.07, 6.45) is 4.62. The molecule has 1 atom stereocenters. The second kappa shape index (κ2) is 7.21. The number of aromatic amines is 1. The summed E-state index contributed by atoms with van der Waals surface area (Å²) in [7, 11) is 0. The van der Waals surface area contributed by atoms with E-state index in [0.29, 0.717) is 11.9 Å². The minimum absolute atomic E-state index is 0.119. The molecule has 132 valence electrons. The van der Waals surface area contributed by atoms with Crippen LogP contribution in [0.2, 0.25) is 0 Å². The second-order valence-electron chi connectivity index (χ2n) is 6.68. The van der Waals surface area contributed by atoms with Gasteiger partial charge in [0.15, 0.2) is 0 Å². The van der Waals surface area contributed by atoms with Crippen molar-refractivity contribution in [1.29, 1.82) is 0 Å². The van der Waals surface area contributed by atoms with Crippen LogP contribution in [0.15, 0.2) is 10.9 Å². The topological polar surface area (TPSA) is 107 Å². The number of nitrogens with two attached hydrogens (primary N) is 1. The molecule has 24 heavy (non-hydrogen) atoms. The first-order valence-corrected chi connectivity index (χ1v) is 8.69. The Balaban J connectivity index is 1.54. The number of carbonyl (C=O) groups excluding carboxylic acids is 1. The van der Waals surface area contributed by atoms with Crippen LogP contribution in [0.5, 0.6) is 0 Å². The second-order valence-corrected chi connectivity index (χ2v) is 6.68. The SMILES string of the molecule is C[C@H](C(=O)NC1CCCC1)N1CCN(c2cc(=O)[nH]c(N)n2)CC1. The van der Waals surface area contributed by atoms with Crippen molar-refractivity contribution >= 4 is 17.7 Å². The van der Waals surface area contributed by atoms with E-state index >= 15 is 0 Å². The number of rotatable bonds is 4. The molecule has 1 aromatic heterocycles. The molecule has 0 bridgehead atoms. The Morgan fingerprint density at radius 2 is 2.00 bits per heavy atom. The van der Waals surface area contributed by atoms with E-state index in [1.165, 1.54) is 18.9 Å². The molecule has 2 fully saturated rings. The van der Waals surface area contributed by atoms with Crippen LogP contribution in [-0.2, 0) is 4.79 Å². The summed E-state index contributed by atoms with van der Waals surface area (Å²) in [6.45, 7) is 4.92. The minimum atomic E-state index is -0.246. The zero-order valence-corrected chi connectivity index (χ0v) is 14.1. The van der Waals surface area contributed by atoms with Crippen LogP contribution in [-0.4, -0.2) is 59.0 Å². The third kappa shape index (κ3) is 3.87. The van der Waals surface area contributed by atoms with Gasteiger partial charge in [-0.05, 0) is 19.8 Å². The number of anilines is 2. The van der Waals surface area contributed by atoms with Crippen LogP contribution >= 0.6 is 0 Å². The van der Waals surface area contributed by atoms with E-state index in [9.17, 15) is 9.59 Å². The molecular weight excluding hydrogens is 308 g/mol. The average Bonchev–Trinajstić information content (AvgIpc) is 3.06. The van der Waals surface area contributed by atoms with E-state index < -0.39 is 0 Å². The Labute approximate surface area is 141 Å². The van der Waals surface area contributed by atoms with E-state index in [1.54, 1.807) is 0 Å². The van der Waals surface area contributed by atoms with Gasteiger partial charge in [-0.15, -0.1) is 0 Å². The smallest absolute Gasteiger partial charge is 0.254 e. The lowest BCUT2D eigenvalue weighted by Crippen LogP contribution is -2.55. The van der Waals surface area contributed by atoms with Crippen LogP contribution < -0.4 is 21.5 Å². The molecule has 1 aromatic rings. The van der Waals surface area contributed by atoms with Gasteiger partial charge in [0.05, 0.1) is 6.04 Å². The van der Waals surface area contributed by atoms with Crippen LogP contribution in [0.25, 0.3) is 0 Å². The lowest BCUT2D eigenvalue weighted by Gasteiger charge is -2.38. The first-order chi connectivity index (χ1) is 11.5. The summed E-state index contributed by atoms with van der Waals surface area (Å²) in [5, 5.41) is 3.17. The number of nitrogen functional groups attached to an aromatic ring is 1. The molecule has 1 aliphatic heterocycles. The van der Waals surface area contributed by atoms with Crippen LogP contribution in [0, 0.1) is 0 Å². The van der Waals surface area contributed by atoms with Crippen molar-refractivity contribution in [3.63, 3.8) is 0 Å². The maximum atomic E-state index is 12.4. The third-order valence-electron chi connectivity index (χ3n) is 5.01. The number of H-pyrrole nitrogens is 1. The maximum absolute atomic E-state index is 12.4. The molecule has 4 N–H and O–H groups in total. The summed E-state index contributed by atoms with van der Waals surface area (Å²) in [4.78, 5) is 34.8. The van der Waals surface area contributed by atoms with E-state index in [1.807, 2.05) is 11.8 Å². The highest BCUT2D eigenvalue weighted by Gasteiger charge is 2.28. The monoisotopic (exact) mass is 334 g/mol. The third-order valence-corrected chi connectivity index (χ3v) is 5.01. The molecule has 0 aromatic carbocycles. The average molecular weight is 334 g/mol. The molecule has 8 nitrogen and oxygen atoms in total. The van der Waals surface area contributed by atoms with Crippen LogP contribution in [0.1, 0.15) is 32.6 Å². The fourth-order valence-corrected chi connectivity index (χ4v) is 3.52. The maximum Gasteiger partial charge on any atom is 0.254 e. The van der Waals surface area contributed by atoms with Crippen molar-refractivity contribution in [2.45, 2.75) is 44.7 Å². The Bertz CT molecular complexity index is 632. The van der Waals surface area contributed by atoms with Crippen molar-refractivity contribution < 1.29 is 4.79 Å². The summed E-state index contributed by atoms with van der Waals surface area (Å²) in [6, 6.07) is 1.68. The molecule has 1 saturated heterocycles. The summed E-state index contributed by atoms with van der Waals surface area (Å²) < 4.78 is 0. The molecule has 1 aliphatic carbocycles. The fraction of sp³-hybridized carbons (Fsp3) is 0.688. The standard InChI is InChI=1S/C16H26N6O2/c1-11(15(24)18-12-4-2-3-5-12)21-6-8-22(9-7-21)13-10-14(23)20-16(17)19-13/h10-12H,2-9H2,1H3,(H,18,24)(H3,17,19,20,23)/t11-/m1/s1. The largest absolute Gasteiger partial charge is 0.369 e. The summed E-state index contributed by atoms with van der Waals surface area (Å²) >= 11 is 0. The molecular formula is C16H26N6O2. The summed E-state index contributed by atoms with van der Waals surface area (Å²) in [5.74, 6) is 0.845. The molecule has 2 aliphatic rings. The zero-order chi connectivity index (χ0) is 17.1. The number of hydrogen-bond donors (Lipinski definition) is 3. The lowest BCUT2D eigenvalue weighted by molar-refractivity contribution is -0.126. The van der Waals surface area contributed by atoms with Gasteiger partial charge in [0.25, 0.3) is 5.56 Å². The van der Waals surface area contributed by atoms with Gasteiger partial charge in [-0.25, -0.2) is 0 Å². The number of nitrogens with zero attached hydrogens (tertiary/aromatic N) is 3. The van der Waals surface area contributed by atoms with Gasteiger partial charge in [0.2, 0.25) is 11.9 Å². The first kappa shape index (κ1) is 16.8. The van der Waals surface area contributed by atoms with E-state index in [0.717, 1.165) is 39.0 Å². The number of hydrogen-bond acceptors (Lipinski definition) is 6. The number of aromatic nitrogens is 2. The van der Waals surface area contributed by atoms with Crippen LogP contribution in [0.3, 0.4) is 0 Å². The van der Waals surface area contributed by atoms with Crippen molar-refractivity contribution in [2.24, 2.45) is 0 Å². The Morgan fingerprint density at radius 1 is 1.33 bits per heavy atom. The van der Waals surface area contributed by atoms with Gasteiger partial charge in [-0.1, -0.05) is 12.8 Å². The molecule has 0 radical (unpaired) electrons. The normalized spacial score (nSPS) is 21.0. The highest BCUT2D eigenvalue weighted by molar-refractivity contribution is 5.81. The quantitative estimate of drug-likeness (QED) is 0.711. The predicted molar refractivity (Wildman–Crippen MR) is 92.9 cm³/mol. The Kier molecular flexibility index (Phi) is 5.03. The van der Waals surface area contributed by atoms with Crippen molar-refractivity contribution in [3.05, 3.63) is 16.4 Å². The van der Waals surface area contributed by atoms with Gasteiger partial charge in [-0.3, -0.25) is 19.5 Å². The van der Waals surface area contributed by atoms with Crippen molar-refractivity contribution in [2.75, 3.05) is 36.8 Å². The molecule has 0 spiro atoms. The number of carbonyl (C=O) groups is 1. The van der Waals surface area contributed by atoms with Gasteiger partial charge < -0.3 is 16.0 Å². The first-order valence-electron chi connectivity index (χ1n) is 8.69. The van der Waals surface area contributed by atoms with E-state index in [-0.39, 0.29) is 23.5 Å². The Hall–Kier alpha value is -2.09. The predicted octanol–water partition coefficient (Wildman–Crippen LogP) is -0.0786. The molecule has 8 heteroatoms. The zero-order valence-electron chi connectivity index (χ0n) is 14.1. The summed E-state index contributed by atoms with van der Waals surface area (Å²) in [5.41, 5.74) is 5.36. The number of piperazine rings is 1. The van der Waals surface area contributed by atoms with Crippen molar-refractivity contribution in [3.8, 4) is 0 Å². The molecule has 2 heterocycles. The molecule has 3 rings (SSSR count). The van der Waals surface area contributed by atoms with E-state index in [4.69, 9.17) is 5.73 Å². The fourth-order valence-electron chi connectivity index (χ4n) is 3.52. The highest BCUT2D eigenvalue weighted by Crippen LogP contribution is 2.18. The van der Waals surface area contributed by atoms with E-state index in [2.05, 4.69) is 20.2 Å². The van der Waals surface area contributed by atoms with Crippen LogP contribution in [0.4, 0.5) is 11.8 Å². The molecule has 1 amide bonds. The highest BCUT2D eigenvalue weighted by atomic mass is 16.2. The number of amides is 1. The van der Waals surface area contributed by atoms with Gasteiger partial charge in [-0.2, -0.15) is 4.98 Å².